The van der Waals surface area contributed by atoms with Gasteiger partial charge in [0.25, 0.3) is 0 Å². The SMILES string of the molecule is CNC(C)c1csc(-c2cc(Cl)ccc2F)n1. The molecule has 0 radical (unpaired) electrons. The van der Waals surface area contributed by atoms with Crippen LogP contribution < -0.4 is 5.32 Å². The zero-order valence-electron chi connectivity index (χ0n) is 9.50. The molecule has 1 aromatic heterocycles. The highest BCUT2D eigenvalue weighted by Crippen LogP contribution is 2.30. The van der Waals surface area contributed by atoms with E-state index >= 15 is 0 Å². The monoisotopic (exact) mass is 270 g/mol. The summed E-state index contributed by atoms with van der Waals surface area (Å²) in [6, 6.07) is 4.65. The second-order valence-electron chi connectivity index (χ2n) is 3.71. The third kappa shape index (κ3) is 2.65. The van der Waals surface area contributed by atoms with Gasteiger partial charge in [0.05, 0.1) is 5.69 Å². The maximum absolute atomic E-state index is 13.6. The lowest BCUT2D eigenvalue weighted by Gasteiger charge is -2.05. The molecule has 1 heterocycles. The molecule has 1 N–H and O–H groups in total. The second-order valence-corrected chi connectivity index (χ2v) is 5.01. The van der Waals surface area contributed by atoms with Gasteiger partial charge >= 0.3 is 0 Å². The van der Waals surface area contributed by atoms with E-state index in [0.29, 0.717) is 15.6 Å². The summed E-state index contributed by atoms with van der Waals surface area (Å²) in [5, 5.41) is 6.19. The van der Waals surface area contributed by atoms with Crippen LogP contribution in [0.5, 0.6) is 0 Å². The summed E-state index contributed by atoms with van der Waals surface area (Å²) in [5.74, 6) is -0.299. The van der Waals surface area contributed by atoms with Crippen LogP contribution in [0.25, 0.3) is 10.6 Å². The molecule has 1 atom stereocenters. The number of nitrogens with one attached hydrogen (secondary N) is 1. The van der Waals surface area contributed by atoms with Crippen molar-refractivity contribution < 1.29 is 4.39 Å². The van der Waals surface area contributed by atoms with Crippen LogP contribution in [0.1, 0.15) is 18.7 Å². The smallest absolute Gasteiger partial charge is 0.133 e. The van der Waals surface area contributed by atoms with Gasteiger partial charge in [-0.05, 0) is 32.2 Å². The van der Waals surface area contributed by atoms with Crippen molar-refractivity contribution in [1.29, 1.82) is 0 Å². The Labute approximate surface area is 108 Å². The van der Waals surface area contributed by atoms with Gasteiger partial charge in [0.15, 0.2) is 0 Å². The van der Waals surface area contributed by atoms with Crippen LogP contribution in [-0.4, -0.2) is 12.0 Å². The van der Waals surface area contributed by atoms with Crippen molar-refractivity contribution in [2.75, 3.05) is 7.05 Å². The summed E-state index contributed by atoms with van der Waals surface area (Å²) in [4.78, 5) is 4.41. The van der Waals surface area contributed by atoms with Crippen LogP contribution in [0.4, 0.5) is 4.39 Å². The van der Waals surface area contributed by atoms with Crippen molar-refractivity contribution in [2.24, 2.45) is 0 Å². The molecular formula is C12H12ClFN2S. The zero-order valence-corrected chi connectivity index (χ0v) is 11.1. The molecule has 17 heavy (non-hydrogen) atoms. The van der Waals surface area contributed by atoms with E-state index in [1.165, 1.54) is 23.5 Å². The number of thiazole rings is 1. The molecule has 1 unspecified atom stereocenters. The van der Waals surface area contributed by atoms with Gasteiger partial charge in [0.2, 0.25) is 0 Å². The quantitative estimate of drug-likeness (QED) is 0.915. The maximum atomic E-state index is 13.6. The number of benzene rings is 1. The standard InChI is InChI=1S/C12H12ClFN2S/c1-7(15-2)11-6-17-12(16-11)9-5-8(13)3-4-10(9)14/h3-7,15H,1-2H3. The first-order valence-electron chi connectivity index (χ1n) is 5.20. The van der Waals surface area contributed by atoms with E-state index in [9.17, 15) is 4.39 Å². The maximum Gasteiger partial charge on any atom is 0.133 e. The summed E-state index contributed by atoms with van der Waals surface area (Å²) in [5.41, 5.74) is 1.36. The fourth-order valence-corrected chi connectivity index (χ4v) is 2.52. The molecule has 2 nitrogen and oxygen atoms in total. The molecule has 0 spiro atoms. The Hall–Kier alpha value is -0.970. The van der Waals surface area contributed by atoms with Crippen molar-refractivity contribution in [3.05, 3.63) is 40.1 Å². The minimum absolute atomic E-state index is 0.155. The van der Waals surface area contributed by atoms with Gasteiger partial charge in [0.1, 0.15) is 10.8 Å². The topological polar surface area (TPSA) is 24.9 Å². The van der Waals surface area contributed by atoms with Gasteiger partial charge in [-0.15, -0.1) is 11.3 Å². The molecule has 0 saturated carbocycles. The average molecular weight is 271 g/mol. The Kier molecular flexibility index (Phi) is 3.76. The van der Waals surface area contributed by atoms with Crippen molar-refractivity contribution in [1.82, 2.24) is 10.3 Å². The highest BCUT2D eigenvalue weighted by atomic mass is 35.5. The normalized spacial score (nSPS) is 12.7. The van der Waals surface area contributed by atoms with E-state index in [-0.39, 0.29) is 11.9 Å². The van der Waals surface area contributed by atoms with Crippen molar-refractivity contribution in [3.63, 3.8) is 0 Å². The van der Waals surface area contributed by atoms with Crippen LogP contribution in [0.2, 0.25) is 5.02 Å². The highest BCUT2D eigenvalue weighted by molar-refractivity contribution is 7.13. The molecule has 0 saturated heterocycles. The van der Waals surface area contributed by atoms with Crippen LogP contribution in [0.3, 0.4) is 0 Å². The number of hydrogen-bond acceptors (Lipinski definition) is 3. The molecule has 0 aliphatic carbocycles. The predicted octanol–water partition coefficient (Wildman–Crippen LogP) is 3.88. The lowest BCUT2D eigenvalue weighted by atomic mass is 10.2. The van der Waals surface area contributed by atoms with E-state index in [1.54, 1.807) is 6.07 Å². The van der Waals surface area contributed by atoms with Crippen molar-refractivity contribution in [3.8, 4) is 10.6 Å². The summed E-state index contributed by atoms with van der Waals surface area (Å²) in [7, 11) is 1.86. The molecule has 0 aliphatic rings. The highest BCUT2D eigenvalue weighted by Gasteiger charge is 2.12. The number of nitrogens with zero attached hydrogens (tertiary/aromatic N) is 1. The minimum Gasteiger partial charge on any atom is -0.312 e. The lowest BCUT2D eigenvalue weighted by Crippen LogP contribution is -2.12. The Bertz CT molecular complexity index is 527. The predicted molar refractivity (Wildman–Crippen MR) is 70.0 cm³/mol. The third-order valence-corrected chi connectivity index (χ3v) is 3.69. The van der Waals surface area contributed by atoms with Crippen LogP contribution in [0, 0.1) is 5.82 Å². The molecule has 0 aliphatic heterocycles. The Morgan fingerprint density at radius 3 is 2.94 bits per heavy atom. The van der Waals surface area contributed by atoms with E-state index < -0.39 is 0 Å². The fourth-order valence-electron chi connectivity index (χ4n) is 1.42. The average Bonchev–Trinajstić information content (AvgIpc) is 2.80. The van der Waals surface area contributed by atoms with E-state index in [4.69, 9.17) is 11.6 Å². The third-order valence-electron chi connectivity index (χ3n) is 2.56. The lowest BCUT2D eigenvalue weighted by molar-refractivity contribution is 0.628. The van der Waals surface area contributed by atoms with Gasteiger partial charge in [-0.3, -0.25) is 0 Å². The van der Waals surface area contributed by atoms with Crippen LogP contribution >= 0.6 is 22.9 Å². The first-order chi connectivity index (χ1) is 8.11. The first kappa shape index (κ1) is 12.5. The van der Waals surface area contributed by atoms with Gasteiger partial charge < -0.3 is 5.32 Å². The first-order valence-corrected chi connectivity index (χ1v) is 6.45. The molecule has 0 amide bonds. The largest absolute Gasteiger partial charge is 0.312 e. The van der Waals surface area contributed by atoms with Gasteiger partial charge in [-0.1, -0.05) is 11.6 Å². The molecule has 0 bridgehead atoms. The van der Waals surface area contributed by atoms with E-state index in [1.807, 2.05) is 19.4 Å². The molecule has 90 valence electrons. The Balaban J connectivity index is 2.40. The summed E-state index contributed by atoms with van der Waals surface area (Å²) in [6.45, 7) is 2.01. The minimum atomic E-state index is -0.299. The number of aromatic nitrogens is 1. The molecule has 5 heteroatoms. The number of rotatable bonds is 3. The van der Waals surface area contributed by atoms with Crippen molar-refractivity contribution >= 4 is 22.9 Å². The Morgan fingerprint density at radius 2 is 2.24 bits per heavy atom. The molecule has 0 fully saturated rings. The zero-order chi connectivity index (χ0) is 12.4. The van der Waals surface area contributed by atoms with E-state index in [2.05, 4.69) is 10.3 Å². The summed E-state index contributed by atoms with van der Waals surface area (Å²) < 4.78 is 13.6. The van der Waals surface area contributed by atoms with Gasteiger partial charge in [0, 0.05) is 22.0 Å². The van der Waals surface area contributed by atoms with Crippen LogP contribution in [-0.2, 0) is 0 Å². The number of halogens is 2. The van der Waals surface area contributed by atoms with Gasteiger partial charge in [-0.2, -0.15) is 0 Å². The fraction of sp³-hybridized carbons (Fsp3) is 0.250. The second kappa shape index (κ2) is 5.12. The van der Waals surface area contributed by atoms with Crippen LogP contribution in [0.15, 0.2) is 23.6 Å². The molecule has 1 aromatic carbocycles. The summed E-state index contributed by atoms with van der Waals surface area (Å²) in [6.07, 6.45) is 0. The van der Waals surface area contributed by atoms with Gasteiger partial charge in [-0.25, -0.2) is 9.37 Å². The van der Waals surface area contributed by atoms with Crippen molar-refractivity contribution in [2.45, 2.75) is 13.0 Å². The molecule has 2 aromatic rings. The summed E-state index contributed by atoms with van der Waals surface area (Å²) >= 11 is 7.28. The molecular weight excluding hydrogens is 259 g/mol. The Morgan fingerprint density at radius 1 is 1.47 bits per heavy atom. The number of hydrogen-bond donors (Lipinski definition) is 1. The van der Waals surface area contributed by atoms with E-state index in [0.717, 1.165) is 5.69 Å². The molecule has 2 rings (SSSR count).